The highest BCUT2D eigenvalue weighted by molar-refractivity contribution is 8.00. The zero-order valence-corrected chi connectivity index (χ0v) is 16.1. The van der Waals surface area contributed by atoms with Crippen LogP contribution >= 0.6 is 23.1 Å². The summed E-state index contributed by atoms with van der Waals surface area (Å²) in [6.07, 6.45) is 3.47. The molecule has 3 heterocycles. The summed E-state index contributed by atoms with van der Waals surface area (Å²) in [6, 6.07) is 4.06. The second-order valence-corrected chi connectivity index (χ2v) is 8.57. The number of carbonyl (C=O) groups is 1. The van der Waals surface area contributed by atoms with Gasteiger partial charge in [-0.15, -0.1) is 21.5 Å². The standard InChI is InChI=1S/C17H24N4OS2/c1-12(2)14(16(22)21-9-5-4-6-10-21)24-17-19-18-15(20(17)3)13-8-7-11-23-13/h7-8,11-12,14H,4-6,9-10H2,1-3H3/t14-/m0/s1. The van der Waals surface area contributed by atoms with Gasteiger partial charge in [0, 0.05) is 20.1 Å². The molecular weight excluding hydrogens is 340 g/mol. The highest BCUT2D eigenvalue weighted by atomic mass is 32.2. The van der Waals surface area contributed by atoms with Gasteiger partial charge in [-0.1, -0.05) is 31.7 Å². The smallest absolute Gasteiger partial charge is 0.236 e. The number of rotatable bonds is 5. The van der Waals surface area contributed by atoms with E-state index in [4.69, 9.17) is 0 Å². The normalized spacial score (nSPS) is 16.6. The van der Waals surface area contributed by atoms with Crippen molar-refractivity contribution >= 4 is 29.0 Å². The van der Waals surface area contributed by atoms with Crippen LogP contribution in [0.15, 0.2) is 22.7 Å². The van der Waals surface area contributed by atoms with E-state index in [0.29, 0.717) is 0 Å². The zero-order chi connectivity index (χ0) is 17.1. The molecule has 0 bridgehead atoms. The van der Waals surface area contributed by atoms with Gasteiger partial charge in [-0.25, -0.2) is 0 Å². The van der Waals surface area contributed by atoms with Crippen LogP contribution in [0, 0.1) is 5.92 Å². The van der Waals surface area contributed by atoms with Gasteiger partial charge in [0.1, 0.15) is 0 Å². The summed E-state index contributed by atoms with van der Waals surface area (Å²) in [5, 5.41) is 11.4. The molecular formula is C17H24N4OS2. The first-order valence-electron chi connectivity index (χ1n) is 8.46. The van der Waals surface area contributed by atoms with Gasteiger partial charge in [0.2, 0.25) is 5.91 Å². The number of nitrogens with zero attached hydrogens (tertiary/aromatic N) is 4. The highest BCUT2D eigenvalue weighted by Crippen LogP contribution is 2.32. The Morgan fingerprint density at radius 1 is 1.25 bits per heavy atom. The highest BCUT2D eigenvalue weighted by Gasteiger charge is 2.30. The molecule has 1 fully saturated rings. The minimum Gasteiger partial charge on any atom is -0.342 e. The second kappa shape index (κ2) is 7.70. The lowest BCUT2D eigenvalue weighted by molar-refractivity contribution is -0.132. The van der Waals surface area contributed by atoms with E-state index in [2.05, 4.69) is 24.0 Å². The molecule has 1 amide bonds. The van der Waals surface area contributed by atoms with E-state index in [0.717, 1.165) is 41.8 Å². The third-order valence-electron chi connectivity index (χ3n) is 4.33. The molecule has 24 heavy (non-hydrogen) atoms. The largest absolute Gasteiger partial charge is 0.342 e. The first-order valence-corrected chi connectivity index (χ1v) is 10.2. The number of thiophene rings is 1. The quantitative estimate of drug-likeness (QED) is 0.760. The number of carbonyl (C=O) groups excluding carboxylic acids is 1. The summed E-state index contributed by atoms with van der Waals surface area (Å²) in [4.78, 5) is 16.1. The predicted octanol–water partition coefficient (Wildman–Crippen LogP) is 3.67. The van der Waals surface area contributed by atoms with Crippen LogP contribution in [-0.2, 0) is 11.8 Å². The third kappa shape index (κ3) is 3.67. The molecule has 0 spiro atoms. The fourth-order valence-electron chi connectivity index (χ4n) is 2.92. The Morgan fingerprint density at radius 2 is 2.00 bits per heavy atom. The molecule has 3 rings (SSSR count). The first kappa shape index (κ1) is 17.5. The van der Waals surface area contributed by atoms with Gasteiger partial charge in [0.25, 0.3) is 0 Å². The van der Waals surface area contributed by atoms with E-state index in [1.807, 2.05) is 34.0 Å². The number of aromatic nitrogens is 3. The zero-order valence-electron chi connectivity index (χ0n) is 14.4. The summed E-state index contributed by atoms with van der Waals surface area (Å²) in [5.74, 6) is 1.36. The topological polar surface area (TPSA) is 51.0 Å². The maximum absolute atomic E-state index is 12.9. The van der Waals surface area contributed by atoms with Crippen molar-refractivity contribution in [2.75, 3.05) is 13.1 Å². The van der Waals surface area contributed by atoms with Crippen molar-refractivity contribution in [3.05, 3.63) is 17.5 Å². The molecule has 2 aromatic rings. The number of hydrogen-bond acceptors (Lipinski definition) is 5. The number of thioether (sulfide) groups is 1. The lowest BCUT2D eigenvalue weighted by Gasteiger charge is -2.31. The minimum absolute atomic E-state index is 0.109. The van der Waals surface area contributed by atoms with Crippen LogP contribution in [0.3, 0.4) is 0 Å². The van der Waals surface area contributed by atoms with Crippen LogP contribution in [0.25, 0.3) is 10.7 Å². The Morgan fingerprint density at radius 3 is 2.62 bits per heavy atom. The van der Waals surface area contributed by atoms with Crippen molar-refractivity contribution in [1.29, 1.82) is 0 Å². The van der Waals surface area contributed by atoms with E-state index in [9.17, 15) is 4.79 Å². The summed E-state index contributed by atoms with van der Waals surface area (Å²) < 4.78 is 2.00. The van der Waals surface area contributed by atoms with Crippen molar-refractivity contribution < 1.29 is 4.79 Å². The molecule has 2 aromatic heterocycles. The molecule has 5 nitrogen and oxygen atoms in total. The molecule has 1 saturated heterocycles. The number of amides is 1. The van der Waals surface area contributed by atoms with Gasteiger partial charge in [0.05, 0.1) is 10.1 Å². The summed E-state index contributed by atoms with van der Waals surface area (Å²) in [5.41, 5.74) is 0. The van der Waals surface area contributed by atoms with Crippen molar-refractivity contribution in [3.63, 3.8) is 0 Å². The second-order valence-electron chi connectivity index (χ2n) is 6.51. The molecule has 7 heteroatoms. The van der Waals surface area contributed by atoms with Gasteiger partial charge >= 0.3 is 0 Å². The fraction of sp³-hybridized carbons (Fsp3) is 0.588. The molecule has 130 valence electrons. The molecule has 0 aliphatic carbocycles. The van der Waals surface area contributed by atoms with Gasteiger partial charge < -0.3 is 9.47 Å². The van der Waals surface area contributed by atoms with E-state index in [1.54, 1.807) is 23.1 Å². The van der Waals surface area contributed by atoms with Crippen LogP contribution in [-0.4, -0.2) is 43.9 Å². The molecule has 1 atom stereocenters. The molecule has 0 unspecified atom stereocenters. The lowest BCUT2D eigenvalue weighted by Crippen LogP contribution is -2.42. The van der Waals surface area contributed by atoms with Gasteiger partial charge in [0.15, 0.2) is 11.0 Å². The van der Waals surface area contributed by atoms with Crippen LogP contribution in [0.4, 0.5) is 0 Å². The molecule has 1 aliphatic heterocycles. The Kier molecular flexibility index (Phi) is 5.61. The predicted molar refractivity (Wildman–Crippen MR) is 99.2 cm³/mol. The van der Waals surface area contributed by atoms with Crippen molar-refractivity contribution in [2.45, 2.75) is 43.5 Å². The van der Waals surface area contributed by atoms with Gasteiger partial charge in [-0.2, -0.15) is 0 Å². The summed E-state index contributed by atoms with van der Waals surface area (Å²) in [6.45, 7) is 6.00. The van der Waals surface area contributed by atoms with Crippen LogP contribution in [0.5, 0.6) is 0 Å². The fourth-order valence-corrected chi connectivity index (χ4v) is 4.74. The van der Waals surface area contributed by atoms with Crippen molar-refractivity contribution in [2.24, 2.45) is 13.0 Å². The van der Waals surface area contributed by atoms with Crippen molar-refractivity contribution in [3.8, 4) is 10.7 Å². The third-order valence-corrected chi connectivity index (χ3v) is 6.76. The maximum Gasteiger partial charge on any atom is 0.236 e. The number of likely N-dealkylation sites (tertiary alicyclic amines) is 1. The van der Waals surface area contributed by atoms with Crippen LogP contribution in [0.1, 0.15) is 33.1 Å². The Balaban J connectivity index is 1.77. The van der Waals surface area contributed by atoms with E-state index in [1.165, 1.54) is 6.42 Å². The number of hydrogen-bond donors (Lipinski definition) is 0. The summed E-state index contributed by atoms with van der Waals surface area (Å²) in [7, 11) is 1.97. The minimum atomic E-state index is -0.109. The first-order chi connectivity index (χ1) is 11.6. The maximum atomic E-state index is 12.9. The van der Waals surface area contributed by atoms with E-state index >= 15 is 0 Å². The molecule has 0 saturated carbocycles. The molecule has 1 aliphatic rings. The monoisotopic (exact) mass is 364 g/mol. The van der Waals surface area contributed by atoms with Crippen molar-refractivity contribution in [1.82, 2.24) is 19.7 Å². The van der Waals surface area contributed by atoms with Crippen LogP contribution < -0.4 is 0 Å². The van der Waals surface area contributed by atoms with Gasteiger partial charge in [-0.05, 0) is 36.6 Å². The molecule has 0 aromatic carbocycles. The molecule has 0 radical (unpaired) electrons. The average molecular weight is 365 g/mol. The molecule has 0 N–H and O–H groups in total. The Bertz CT molecular complexity index is 675. The van der Waals surface area contributed by atoms with Gasteiger partial charge in [-0.3, -0.25) is 4.79 Å². The van der Waals surface area contributed by atoms with Crippen LogP contribution in [0.2, 0.25) is 0 Å². The SMILES string of the molecule is CC(C)[C@H](Sc1nnc(-c2cccs2)n1C)C(=O)N1CCCCC1. The lowest BCUT2D eigenvalue weighted by atomic mass is 10.1. The summed E-state index contributed by atoms with van der Waals surface area (Å²) >= 11 is 3.20. The Hall–Kier alpha value is -1.34. The number of piperidine rings is 1. The Labute approximate surface area is 151 Å². The van der Waals surface area contributed by atoms with E-state index < -0.39 is 0 Å². The average Bonchev–Trinajstić information content (AvgIpc) is 3.22. The van der Waals surface area contributed by atoms with E-state index in [-0.39, 0.29) is 17.1 Å².